The van der Waals surface area contributed by atoms with Crippen LogP contribution in [0, 0.1) is 6.92 Å². The first-order valence-electron chi connectivity index (χ1n) is 5.33. The van der Waals surface area contributed by atoms with Crippen molar-refractivity contribution >= 4 is 17.3 Å². The van der Waals surface area contributed by atoms with Gasteiger partial charge in [0.15, 0.2) is 0 Å². The lowest BCUT2D eigenvalue weighted by molar-refractivity contribution is -0.138. The van der Waals surface area contributed by atoms with Gasteiger partial charge in [0.05, 0.1) is 17.1 Å². The molecule has 2 rings (SSSR count). The van der Waals surface area contributed by atoms with E-state index < -0.39 is 11.9 Å². The third-order valence-electron chi connectivity index (χ3n) is 2.67. The smallest absolute Gasteiger partial charge is 0.311 e. The van der Waals surface area contributed by atoms with Gasteiger partial charge in [-0.2, -0.15) is 0 Å². The lowest BCUT2D eigenvalue weighted by Crippen LogP contribution is -2.14. The summed E-state index contributed by atoms with van der Waals surface area (Å²) < 4.78 is 0. The van der Waals surface area contributed by atoms with Crippen molar-refractivity contribution in [1.29, 1.82) is 0 Å². The van der Waals surface area contributed by atoms with E-state index in [1.807, 2.05) is 36.6 Å². The number of rotatable bonds is 4. The van der Waals surface area contributed by atoms with E-state index in [1.165, 1.54) is 11.3 Å². The number of carboxylic acid groups (broad SMARTS) is 1. The van der Waals surface area contributed by atoms with Crippen molar-refractivity contribution in [3.05, 3.63) is 52.0 Å². The minimum atomic E-state index is -0.804. The standard InChI is InChI=1S/C13H13NO2S/c1-9-2-4-10(5-3-9)12(13(15)16)6-11-7-17-8-14-11/h2-5,7-8,12H,6H2,1H3,(H,15,16). The first-order chi connectivity index (χ1) is 8.16. The van der Waals surface area contributed by atoms with Crippen molar-refractivity contribution in [1.82, 2.24) is 4.98 Å². The van der Waals surface area contributed by atoms with E-state index in [1.54, 1.807) is 5.51 Å². The number of carbonyl (C=O) groups is 1. The average molecular weight is 247 g/mol. The summed E-state index contributed by atoms with van der Waals surface area (Å²) >= 11 is 1.49. The van der Waals surface area contributed by atoms with Crippen molar-refractivity contribution in [3.8, 4) is 0 Å². The zero-order chi connectivity index (χ0) is 12.3. The zero-order valence-electron chi connectivity index (χ0n) is 9.46. The van der Waals surface area contributed by atoms with Crippen LogP contribution in [-0.4, -0.2) is 16.1 Å². The van der Waals surface area contributed by atoms with Crippen LogP contribution >= 0.6 is 11.3 Å². The van der Waals surface area contributed by atoms with Crippen LogP contribution in [0.5, 0.6) is 0 Å². The normalized spacial score (nSPS) is 12.3. The van der Waals surface area contributed by atoms with Crippen molar-refractivity contribution < 1.29 is 9.90 Å². The highest BCUT2D eigenvalue weighted by Crippen LogP contribution is 2.21. The van der Waals surface area contributed by atoms with E-state index in [-0.39, 0.29) is 0 Å². The van der Waals surface area contributed by atoms with Gasteiger partial charge in [0, 0.05) is 11.8 Å². The van der Waals surface area contributed by atoms with E-state index in [0.29, 0.717) is 6.42 Å². The number of carboxylic acids is 1. The third kappa shape index (κ3) is 2.91. The summed E-state index contributed by atoms with van der Waals surface area (Å²) in [6.45, 7) is 1.99. The van der Waals surface area contributed by atoms with Crippen LogP contribution in [-0.2, 0) is 11.2 Å². The Bertz CT molecular complexity index is 491. The molecule has 1 N–H and O–H groups in total. The molecule has 17 heavy (non-hydrogen) atoms. The van der Waals surface area contributed by atoms with Gasteiger partial charge in [0.1, 0.15) is 0 Å². The molecule has 3 nitrogen and oxygen atoms in total. The quantitative estimate of drug-likeness (QED) is 0.903. The van der Waals surface area contributed by atoms with Crippen LogP contribution in [0.15, 0.2) is 35.2 Å². The molecule has 1 atom stereocenters. The maximum absolute atomic E-state index is 11.3. The van der Waals surface area contributed by atoms with Crippen LogP contribution in [0.3, 0.4) is 0 Å². The molecule has 0 amide bonds. The Morgan fingerprint density at radius 1 is 1.41 bits per heavy atom. The summed E-state index contributed by atoms with van der Waals surface area (Å²) in [6.07, 6.45) is 0.446. The topological polar surface area (TPSA) is 50.2 Å². The highest BCUT2D eigenvalue weighted by molar-refractivity contribution is 7.07. The van der Waals surface area contributed by atoms with Crippen molar-refractivity contribution in [3.63, 3.8) is 0 Å². The number of hydrogen-bond donors (Lipinski definition) is 1. The Kier molecular flexibility index (Phi) is 3.54. The van der Waals surface area contributed by atoms with Gasteiger partial charge in [-0.1, -0.05) is 29.8 Å². The van der Waals surface area contributed by atoms with E-state index >= 15 is 0 Å². The first-order valence-corrected chi connectivity index (χ1v) is 6.27. The summed E-state index contributed by atoms with van der Waals surface area (Å²) in [7, 11) is 0. The lowest BCUT2D eigenvalue weighted by atomic mass is 9.94. The molecular weight excluding hydrogens is 234 g/mol. The van der Waals surface area contributed by atoms with E-state index in [4.69, 9.17) is 0 Å². The van der Waals surface area contributed by atoms with Crippen LogP contribution in [0.2, 0.25) is 0 Å². The molecule has 1 aromatic carbocycles. The molecule has 0 saturated carbocycles. The molecule has 0 saturated heterocycles. The molecule has 0 radical (unpaired) electrons. The van der Waals surface area contributed by atoms with Crippen molar-refractivity contribution in [2.24, 2.45) is 0 Å². The maximum atomic E-state index is 11.3. The molecule has 0 bridgehead atoms. The SMILES string of the molecule is Cc1ccc(C(Cc2cscn2)C(=O)O)cc1. The molecule has 0 spiro atoms. The van der Waals surface area contributed by atoms with E-state index in [2.05, 4.69) is 4.98 Å². The predicted octanol–water partition coefficient (Wildman–Crippen LogP) is 2.86. The molecule has 0 aliphatic rings. The van der Waals surface area contributed by atoms with Gasteiger partial charge in [-0.25, -0.2) is 4.98 Å². The Balaban J connectivity index is 2.23. The van der Waals surface area contributed by atoms with Crippen LogP contribution in [0.1, 0.15) is 22.7 Å². The Hall–Kier alpha value is -1.68. The number of aliphatic carboxylic acids is 1. The fourth-order valence-electron chi connectivity index (χ4n) is 1.69. The van der Waals surface area contributed by atoms with Crippen LogP contribution in [0.25, 0.3) is 0 Å². The van der Waals surface area contributed by atoms with Gasteiger partial charge in [0.2, 0.25) is 0 Å². The molecule has 4 heteroatoms. The zero-order valence-corrected chi connectivity index (χ0v) is 10.3. The van der Waals surface area contributed by atoms with Gasteiger partial charge >= 0.3 is 5.97 Å². The molecule has 88 valence electrons. The van der Waals surface area contributed by atoms with E-state index in [0.717, 1.165) is 16.8 Å². The van der Waals surface area contributed by atoms with Crippen LogP contribution in [0.4, 0.5) is 0 Å². The van der Waals surface area contributed by atoms with Gasteiger partial charge in [-0.3, -0.25) is 4.79 Å². The number of thiazole rings is 1. The molecule has 0 aliphatic carbocycles. The van der Waals surface area contributed by atoms with Gasteiger partial charge < -0.3 is 5.11 Å². The summed E-state index contributed by atoms with van der Waals surface area (Å²) in [5.74, 6) is -1.32. The molecule has 2 aromatic rings. The summed E-state index contributed by atoms with van der Waals surface area (Å²) in [5.41, 5.74) is 4.52. The molecule has 0 aliphatic heterocycles. The molecule has 1 aromatic heterocycles. The molecule has 1 heterocycles. The highest BCUT2D eigenvalue weighted by atomic mass is 32.1. The monoisotopic (exact) mass is 247 g/mol. The Morgan fingerprint density at radius 3 is 2.65 bits per heavy atom. The van der Waals surface area contributed by atoms with Crippen molar-refractivity contribution in [2.75, 3.05) is 0 Å². The largest absolute Gasteiger partial charge is 0.481 e. The second-order valence-electron chi connectivity index (χ2n) is 3.99. The lowest BCUT2D eigenvalue weighted by Gasteiger charge is -2.11. The number of aryl methyl sites for hydroxylation is 1. The third-order valence-corrected chi connectivity index (χ3v) is 3.31. The minimum absolute atomic E-state index is 0.446. The van der Waals surface area contributed by atoms with E-state index in [9.17, 15) is 9.90 Å². The van der Waals surface area contributed by atoms with Crippen molar-refractivity contribution in [2.45, 2.75) is 19.3 Å². The average Bonchev–Trinajstić information content (AvgIpc) is 2.80. The van der Waals surface area contributed by atoms with Crippen LogP contribution < -0.4 is 0 Å². The number of nitrogens with zero attached hydrogens (tertiary/aromatic N) is 1. The Morgan fingerprint density at radius 2 is 2.12 bits per heavy atom. The van der Waals surface area contributed by atoms with Gasteiger partial charge in [-0.15, -0.1) is 11.3 Å². The predicted molar refractivity (Wildman–Crippen MR) is 67.4 cm³/mol. The fraction of sp³-hybridized carbons (Fsp3) is 0.231. The maximum Gasteiger partial charge on any atom is 0.311 e. The van der Waals surface area contributed by atoms with Gasteiger partial charge in [0.25, 0.3) is 0 Å². The summed E-state index contributed by atoms with van der Waals surface area (Å²) in [4.78, 5) is 15.4. The second kappa shape index (κ2) is 5.10. The minimum Gasteiger partial charge on any atom is -0.481 e. The molecule has 1 unspecified atom stereocenters. The second-order valence-corrected chi connectivity index (χ2v) is 4.70. The highest BCUT2D eigenvalue weighted by Gasteiger charge is 2.20. The number of aromatic nitrogens is 1. The van der Waals surface area contributed by atoms with Gasteiger partial charge in [-0.05, 0) is 12.5 Å². The summed E-state index contributed by atoms with van der Waals surface area (Å²) in [5, 5.41) is 11.2. The number of hydrogen-bond acceptors (Lipinski definition) is 3. The summed E-state index contributed by atoms with van der Waals surface area (Å²) in [6, 6.07) is 7.62. The first kappa shape index (κ1) is 11.8. The Labute approximate surface area is 104 Å². The number of benzene rings is 1. The molecular formula is C13H13NO2S. The molecule has 0 fully saturated rings. The fourth-order valence-corrected chi connectivity index (χ4v) is 2.27.